The van der Waals surface area contributed by atoms with Crippen LogP contribution in [0.1, 0.15) is 41.5 Å². The Balaban J connectivity index is 4.72. The summed E-state index contributed by atoms with van der Waals surface area (Å²) in [5.41, 5.74) is 0. The Kier molecular flexibility index (Phi) is 7.85. The molecule has 3 nitrogen and oxygen atoms in total. The van der Waals surface area contributed by atoms with Crippen molar-refractivity contribution >= 4 is 20.4 Å². The van der Waals surface area contributed by atoms with E-state index in [1.165, 1.54) is 0 Å². The average molecular weight is 269 g/mol. The first-order chi connectivity index (χ1) is 7.31. The molecule has 0 spiro atoms. The van der Waals surface area contributed by atoms with E-state index in [1.807, 2.05) is 41.5 Å². The highest BCUT2D eigenvalue weighted by molar-refractivity contribution is 6.61. The third kappa shape index (κ3) is 6.86. The standard InChI is InChI=1S/C11H25ClO3Si/c1-9(2)13-16(8-7-12,14-10(3)4)15-11(5)6/h9-11H,7-8H2,1-6H3. The third-order valence-electron chi connectivity index (χ3n) is 1.65. The summed E-state index contributed by atoms with van der Waals surface area (Å²) in [6.07, 6.45) is 0.271. The van der Waals surface area contributed by atoms with E-state index in [1.54, 1.807) is 0 Å². The normalized spacial score (nSPS) is 13.1. The zero-order chi connectivity index (χ0) is 12.8. The molecule has 16 heavy (non-hydrogen) atoms. The molecule has 0 fully saturated rings. The lowest BCUT2D eigenvalue weighted by atomic mass is 10.5. The maximum absolute atomic E-state index is 5.91. The van der Waals surface area contributed by atoms with Gasteiger partial charge in [0.1, 0.15) is 0 Å². The molecule has 0 amide bonds. The molecule has 0 unspecified atom stereocenters. The van der Waals surface area contributed by atoms with Crippen LogP contribution in [-0.2, 0) is 13.3 Å². The first kappa shape index (κ1) is 16.4. The second-order valence-corrected chi connectivity index (χ2v) is 7.57. The highest BCUT2D eigenvalue weighted by atomic mass is 35.5. The third-order valence-corrected chi connectivity index (χ3v) is 5.51. The number of halogens is 1. The molecule has 0 aliphatic heterocycles. The number of rotatable bonds is 8. The first-order valence-electron chi connectivity index (χ1n) is 5.90. The predicted molar refractivity (Wildman–Crippen MR) is 69.9 cm³/mol. The van der Waals surface area contributed by atoms with Crippen LogP contribution >= 0.6 is 11.6 Å². The fourth-order valence-electron chi connectivity index (χ4n) is 1.45. The van der Waals surface area contributed by atoms with Gasteiger partial charge >= 0.3 is 8.80 Å². The van der Waals surface area contributed by atoms with E-state index in [0.29, 0.717) is 11.9 Å². The molecule has 0 atom stereocenters. The summed E-state index contributed by atoms with van der Waals surface area (Å²) < 4.78 is 17.7. The minimum atomic E-state index is -2.62. The van der Waals surface area contributed by atoms with E-state index in [9.17, 15) is 0 Å². The van der Waals surface area contributed by atoms with Crippen LogP contribution in [0.15, 0.2) is 0 Å². The van der Waals surface area contributed by atoms with Gasteiger partial charge in [0.25, 0.3) is 0 Å². The van der Waals surface area contributed by atoms with Gasteiger partial charge in [0.2, 0.25) is 0 Å². The topological polar surface area (TPSA) is 27.7 Å². The molecule has 0 aromatic heterocycles. The van der Waals surface area contributed by atoms with Crippen molar-refractivity contribution in [1.29, 1.82) is 0 Å². The van der Waals surface area contributed by atoms with E-state index in [0.717, 1.165) is 0 Å². The Morgan fingerprint density at radius 3 is 1.31 bits per heavy atom. The molecular formula is C11H25ClO3Si. The van der Waals surface area contributed by atoms with Crippen LogP contribution in [0.4, 0.5) is 0 Å². The maximum Gasteiger partial charge on any atom is 0.502 e. The Hall–Kier alpha value is 0.387. The quantitative estimate of drug-likeness (QED) is 0.499. The Bertz CT molecular complexity index is 160. The van der Waals surface area contributed by atoms with Crippen molar-refractivity contribution in [2.24, 2.45) is 0 Å². The van der Waals surface area contributed by atoms with Crippen molar-refractivity contribution in [2.75, 3.05) is 5.88 Å². The summed E-state index contributed by atoms with van der Waals surface area (Å²) in [7, 11) is -2.62. The first-order valence-corrected chi connectivity index (χ1v) is 8.37. The molecule has 5 heteroatoms. The molecule has 0 aliphatic rings. The lowest BCUT2D eigenvalue weighted by Crippen LogP contribution is -2.50. The van der Waals surface area contributed by atoms with Crippen LogP contribution in [0.3, 0.4) is 0 Å². The van der Waals surface area contributed by atoms with Crippen LogP contribution in [0.25, 0.3) is 0 Å². The van der Waals surface area contributed by atoms with Gasteiger partial charge in [-0.15, -0.1) is 11.6 Å². The summed E-state index contributed by atoms with van der Waals surface area (Å²) in [5.74, 6) is 0.498. The van der Waals surface area contributed by atoms with Gasteiger partial charge in [-0.3, -0.25) is 0 Å². The van der Waals surface area contributed by atoms with E-state index in [4.69, 9.17) is 24.9 Å². The SMILES string of the molecule is CC(C)O[Si](CCCl)(OC(C)C)OC(C)C. The van der Waals surface area contributed by atoms with Crippen LogP contribution in [0, 0.1) is 0 Å². The lowest BCUT2D eigenvalue weighted by Gasteiger charge is -2.34. The van der Waals surface area contributed by atoms with Crippen molar-refractivity contribution in [3.8, 4) is 0 Å². The van der Waals surface area contributed by atoms with Gasteiger partial charge in [0, 0.05) is 30.2 Å². The minimum absolute atomic E-state index is 0.0902. The second-order valence-electron chi connectivity index (χ2n) is 4.62. The van der Waals surface area contributed by atoms with E-state index >= 15 is 0 Å². The predicted octanol–water partition coefficient (Wildman–Crippen LogP) is 3.44. The molecular weight excluding hydrogens is 244 g/mol. The molecule has 0 rings (SSSR count). The molecule has 0 heterocycles. The zero-order valence-electron chi connectivity index (χ0n) is 11.2. The summed E-state index contributed by atoms with van der Waals surface area (Å²) >= 11 is 5.83. The largest absolute Gasteiger partial charge is 0.502 e. The van der Waals surface area contributed by atoms with Gasteiger partial charge in [-0.1, -0.05) is 0 Å². The lowest BCUT2D eigenvalue weighted by molar-refractivity contribution is 0.00437. The van der Waals surface area contributed by atoms with Gasteiger partial charge in [-0.25, -0.2) is 0 Å². The Morgan fingerprint density at radius 2 is 1.12 bits per heavy atom. The van der Waals surface area contributed by atoms with Gasteiger partial charge in [-0.05, 0) is 41.5 Å². The van der Waals surface area contributed by atoms with Gasteiger partial charge < -0.3 is 13.3 Å². The number of hydrogen-bond donors (Lipinski definition) is 0. The molecule has 98 valence electrons. The van der Waals surface area contributed by atoms with Crippen molar-refractivity contribution in [1.82, 2.24) is 0 Å². The van der Waals surface area contributed by atoms with E-state index < -0.39 is 8.80 Å². The van der Waals surface area contributed by atoms with Gasteiger partial charge in [-0.2, -0.15) is 0 Å². The molecule has 0 saturated carbocycles. The molecule has 0 radical (unpaired) electrons. The Labute approximate surface area is 106 Å². The fraction of sp³-hybridized carbons (Fsp3) is 1.00. The zero-order valence-corrected chi connectivity index (χ0v) is 13.0. The fourth-order valence-corrected chi connectivity index (χ4v) is 5.05. The molecule has 0 aromatic rings. The summed E-state index contributed by atoms with van der Waals surface area (Å²) in [5, 5.41) is 0. The maximum atomic E-state index is 5.91. The molecule has 0 bridgehead atoms. The van der Waals surface area contributed by atoms with Crippen molar-refractivity contribution < 1.29 is 13.3 Å². The van der Waals surface area contributed by atoms with Crippen molar-refractivity contribution in [3.63, 3.8) is 0 Å². The highest BCUT2D eigenvalue weighted by Crippen LogP contribution is 2.22. The summed E-state index contributed by atoms with van der Waals surface area (Å²) in [6, 6.07) is 0.656. The van der Waals surface area contributed by atoms with Crippen molar-refractivity contribution in [2.45, 2.75) is 65.9 Å². The van der Waals surface area contributed by atoms with Crippen LogP contribution in [0.2, 0.25) is 6.04 Å². The smallest absolute Gasteiger partial charge is 0.371 e. The summed E-state index contributed by atoms with van der Waals surface area (Å²) in [4.78, 5) is 0. The minimum Gasteiger partial charge on any atom is -0.371 e. The average Bonchev–Trinajstić information content (AvgIpc) is 1.98. The van der Waals surface area contributed by atoms with Crippen LogP contribution in [0.5, 0.6) is 0 Å². The van der Waals surface area contributed by atoms with E-state index in [-0.39, 0.29) is 18.3 Å². The van der Waals surface area contributed by atoms with Gasteiger partial charge in [0.05, 0.1) is 0 Å². The molecule has 0 saturated heterocycles. The molecule has 0 aliphatic carbocycles. The van der Waals surface area contributed by atoms with Crippen molar-refractivity contribution in [3.05, 3.63) is 0 Å². The number of alkyl halides is 1. The second kappa shape index (κ2) is 7.66. The monoisotopic (exact) mass is 268 g/mol. The Morgan fingerprint density at radius 1 is 0.812 bits per heavy atom. The highest BCUT2D eigenvalue weighted by Gasteiger charge is 2.43. The van der Waals surface area contributed by atoms with Crippen LogP contribution in [-0.4, -0.2) is 33.0 Å². The van der Waals surface area contributed by atoms with Gasteiger partial charge in [0.15, 0.2) is 0 Å². The summed E-state index contributed by atoms with van der Waals surface area (Å²) in [6.45, 7) is 11.9. The van der Waals surface area contributed by atoms with Crippen LogP contribution < -0.4 is 0 Å². The molecule has 0 N–H and O–H groups in total. The van der Waals surface area contributed by atoms with E-state index in [2.05, 4.69) is 0 Å². The number of hydrogen-bond acceptors (Lipinski definition) is 3. The molecule has 0 aromatic carbocycles.